The SMILES string of the molecule is CCCCC[C@H](O)/C=C/[C@H]1[C@H](O)CC(=O)[C@@H]1C/C=C\CCCC(=O)OCCOC(=O)CCCC. The Balaban J connectivity index is 2.26. The van der Waals surface area contributed by atoms with Gasteiger partial charge in [-0.1, -0.05) is 63.8 Å². The second-order valence-electron chi connectivity index (χ2n) is 9.01. The molecule has 4 atom stereocenters. The number of carbonyl (C=O) groups excluding carboxylic acids is 3. The molecule has 1 fully saturated rings. The van der Waals surface area contributed by atoms with Gasteiger partial charge in [-0.15, -0.1) is 0 Å². The minimum atomic E-state index is -0.703. The fourth-order valence-corrected chi connectivity index (χ4v) is 3.99. The standard InChI is InChI=1S/C27H44O7/c1-3-5-9-12-21(28)16-17-23-22(24(29)20-25(23)30)13-10-7-8-11-15-27(32)34-19-18-33-26(31)14-6-4-2/h7,10,16-17,21-23,25,28,30H,3-6,8-9,11-15,18-20H2,1-2H3/b10-7-,17-16+/t21-,22+,23+,25+/m0/s1. The minimum Gasteiger partial charge on any atom is -0.462 e. The number of hydrogen-bond acceptors (Lipinski definition) is 7. The Kier molecular flexibility index (Phi) is 16.2. The zero-order valence-electron chi connectivity index (χ0n) is 21.0. The fraction of sp³-hybridized carbons (Fsp3) is 0.741. The maximum absolute atomic E-state index is 12.3. The molecule has 0 heterocycles. The van der Waals surface area contributed by atoms with E-state index in [0.717, 1.165) is 32.1 Å². The lowest BCUT2D eigenvalue weighted by Gasteiger charge is -2.16. The van der Waals surface area contributed by atoms with Gasteiger partial charge in [-0.2, -0.15) is 0 Å². The molecule has 0 spiro atoms. The Morgan fingerprint density at radius 1 is 1.00 bits per heavy atom. The number of aliphatic hydroxyl groups is 2. The Morgan fingerprint density at radius 3 is 2.29 bits per heavy atom. The van der Waals surface area contributed by atoms with Crippen LogP contribution in [-0.2, 0) is 23.9 Å². The van der Waals surface area contributed by atoms with Crippen LogP contribution in [0.4, 0.5) is 0 Å². The van der Waals surface area contributed by atoms with Crippen molar-refractivity contribution in [3.8, 4) is 0 Å². The molecule has 0 unspecified atom stereocenters. The molecule has 0 saturated heterocycles. The molecular weight excluding hydrogens is 436 g/mol. The topological polar surface area (TPSA) is 110 Å². The summed E-state index contributed by atoms with van der Waals surface area (Å²) in [6.07, 6.45) is 14.4. The molecule has 1 rings (SSSR count). The van der Waals surface area contributed by atoms with Crippen LogP contribution in [0.1, 0.15) is 90.9 Å². The molecule has 7 nitrogen and oxygen atoms in total. The summed E-state index contributed by atoms with van der Waals surface area (Å²) in [6, 6.07) is 0. The smallest absolute Gasteiger partial charge is 0.305 e. The highest BCUT2D eigenvalue weighted by atomic mass is 16.6. The van der Waals surface area contributed by atoms with Crippen LogP contribution < -0.4 is 0 Å². The molecule has 1 aliphatic carbocycles. The molecular formula is C27H44O7. The number of Topliss-reactive ketones (excluding diaryl/α,β-unsaturated/α-hetero) is 1. The van der Waals surface area contributed by atoms with Gasteiger partial charge < -0.3 is 19.7 Å². The third-order valence-corrected chi connectivity index (χ3v) is 6.04. The fourth-order valence-electron chi connectivity index (χ4n) is 3.99. The Morgan fingerprint density at radius 2 is 1.65 bits per heavy atom. The predicted octanol–water partition coefficient (Wildman–Crippen LogP) is 4.44. The monoisotopic (exact) mass is 480 g/mol. The van der Waals surface area contributed by atoms with Gasteiger partial charge >= 0.3 is 11.9 Å². The lowest BCUT2D eigenvalue weighted by Crippen LogP contribution is -2.18. The number of esters is 2. The molecule has 2 N–H and O–H groups in total. The second kappa shape index (κ2) is 18.4. The van der Waals surface area contributed by atoms with Gasteiger partial charge in [-0.05, 0) is 32.1 Å². The van der Waals surface area contributed by atoms with E-state index < -0.39 is 12.2 Å². The molecule has 0 aromatic heterocycles. The van der Waals surface area contributed by atoms with Crippen LogP contribution in [-0.4, -0.2) is 53.4 Å². The van der Waals surface area contributed by atoms with Crippen molar-refractivity contribution in [2.45, 2.75) is 103 Å². The van der Waals surface area contributed by atoms with Gasteiger partial charge in [0.1, 0.15) is 19.0 Å². The molecule has 0 aliphatic heterocycles. The maximum Gasteiger partial charge on any atom is 0.305 e. The van der Waals surface area contributed by atoms with E-state index in [4.69, 9.17) is 9.47 Å². The van der Waals surface area contributed by atoms with E-state index in [1.807, 2.05) is 25.2 Å². The van der Waals surface area contributed by atoms with Crippen molar-refractivity contribution in [2.75, 3.05) is 13.2 Å². The third kappa shape index (κ3) is 13.0. The van der Waals surface area contributed by atoms with Gasteiger partial charge in [0, 0.05) is 31.1 Å². The normalized spacial score (nSPS) is 21.4. The zero-order chi connectivity index (χ0) is 25.2. The van der Waals surface area contributed by atoms with Gasteiger partial charge in [0.25, 0.3) is 0 Å². The summed E-state index contributed by atoms with van der Waals surface area (Å²) in [5.41, 5.74) is 0. The summed E-state index contributed by atoms with van der Waals surface area (Å²) in [5.74, 6) is -1.10. The van der Waals surface area contributed by atoms with Gasteiger partial charge in [0.15, 0.2) is 0 Å². The minimum absolute atomic E-state index is 0.0474. The van der Waals surface area contributed by atoms with E-state index >= 15 is 0 Å². The summed E-state index contributed by atoms with van der Waals surface area (Å²) in [6.45, 7) is 4.27. The number of allylic oxidation sites excluding steroid dienone is 2. The van der Waals surface area contributed by atoms with E-state index in [0.29, 0.717) is 32.1 Å². The first-order chi connectivity index (χ1) is 16.4. The Bertz CT molecular complexity index is 655. The van der Waals surface area contributed by atoms with Crippen LogP contribution in [0.25, 0.3) is 0 Å². The van der Waals surface area contributed by atoms with Gasteiger partial charge in [0.2, 0.25) is 0 Å². The van der Waals surface area contributed by atoms with E-state index in [1.54, 1.807) is 6.08 Å². The summed E-state index contributed by atoms with van der Waals surface area (Å²) in [7, 11) is 0. The Hall–Kier alpha value is -1.99. The quantitative estimate of drug-likeness (QED) is 0.169. The summed E-state index contributed by atoms with van der Waals surface area (Å²) in [4.78, 5) is 35.4. The van der Waals surface area contributed by atoms with Gasteiger partial charge in [-0.25, -0.2) is 0 Å². The van der Waals surface area contributed by atoms with Crippen molar-refractivity contribution in [1.29, 1.82) is 0 Å². The van der Waals surface area contributed by atoms with Crippen LogP contribution >= 0.6 is 0 Å². The van der Waals surface area contributed by atoms with Crippen LogP contribution in [0.2, 0.25) is 0 Å². The number of rotatable bonds is 18. The summed E-state index contributed by atoms with van der Waals surface area (Å²) in [5, 5.41) is 20.3. The first-order valence-corrected chi connectivity index (χ1v) is 12.9. The van der Waals surface area contributed by atoms with Crippen molar-refractivity contribution in [1.82, 2.24) is 0 Å². The molecule has 0 radical (unpaired) electrons. The maximum atomic E-state index is 12.3. The average Bonchev–Trinajstić information content (AvgIpc) is 3.08. The second-order valence-corrected chi connectivity index (χ2v) is 9.01. The molecule has 7 heteroatoms. The Labute approximate surface area is 204 Å². The first-order valence-electron chi connectivity index (χ1n) is 12.9. The highest BCUT2D eigenvalue weighted by molar-refractivity contribution is 5.84. The van der Waals surface area contributed by atoms with E-state index in [1.165, 1.54) is 0 Å². The van der Waals surface area contributed by atoms with Crippen LogP contribution in [0.5, 0.6) is 0 Å². The molecule has 1 saturated carbocycles. The number of ketones is 1. The molecule has 194 valence electrons. The van der Waals surface area contributed by atoms with Crippen molar-refractivity contribution in [3.05, 3.63) is 24.3 Å². The molecule has 0 aromatic rings. The lowest BCUT2D eigenvalue weighted by molar-refractivity contribution is -0.152. The van der Waals surface area contributed by atoms with Crippen molar-refractivity contribution >= 4 is 17.7 Å². The predicted molar refractivity (Wildman–Crippen MR) is 131 cm³/mol. The van der Waals surface area contributed by atoms with Gasteiger partial charge in [0.05, 0.1) is 12.2 Å². The zero-order valence-corrected chi connectivity index (χ0v) is 21.0. The summed E-state index contributed by atoms with van der Waals surface area (Å²) >= 11 is 0. The van der Waals surface area contributed by atoms with E-state index in [-0.39, 0.29) is 55.6 Å². The molecule has 0 amide bonds. The number of ether oxygens (including phenoxy) is 2. The molecule has 34 heavy (non-hydrogen) atoms. The number of hydrogen-bond donors (Lipinski definition) is 2. The average molecular weight is 481 g/mol. The highest BCUT2D eigenvalue weighted by Crippen LogP contribution is 2.33. The largest absolute Gasteiger partial charge is 0.462 e. The molecule has 1 aliphatic rings. The van der Waals surface area contributed by atoms with Gasteiger partial charge in [-0.3, -0.25) is 14.4 Å². The summed E-state index contributed by atoms with van der Waals surface area (Å²) < 4.78 is 10.0. The third-order valence-electron chi connectivity index (χ3n) is 6.04. The highest BCUT2D eigenvalue weighted by Gasteiger charge is 2.39. The van der Waals surface area contributed by atoms with Crippen LogP contribution in [0.15, 0.2) is 24.3 Å². The van der Waals surface area contributed by atoms with E-state index in [9.17, 15) is 24.6 Å². The number of unbranched alkanes of at least 4 members (excludes halogenated alkanes) is 4. The number of carbonyl (C=O) groups is 3. The van der Waals surface area contributed by atoms with Crippen molar-refractivity contribution in [2.24, 2.45) is 11.8 Å². The van der Waals surface area contributed by atoms with E-state index in [2.05, 4.69) is 6.92 Å². The molecule has 0 bridgehead atoms. The molecule has 0 aromatic carbocycles. The first kappa shape index (κ1) is 30.0. The number of aliphatic hydroxyl groups excluding tert-OH is 2. The van der Waals surface area contributed by atoms with Crippen LogP contribution in [0.3, 0.4) is 0 Å². The van der Waals surface area contributed by atoms with Crippen LogP contribution in [0, 0.1) is 11.8 Å². The lowest BCUT2D eigenvalue weighted by atomic mass is 9.90. The van der Waals surface area contributed by atoms with Crippen molar-refractivity contribution < 1.29 is 34.1 Å². The van der Waals surface area contributed by atoms with Crippen molar-refractivity contribution in [3.63, 3.8) is 0 Å².